The van der Waals surface area contributed by atoms with Crippen LogP contribution in [-0.4, -0.2) is 57.1 Å². The lowest BCUT2D eigenvalue weighted by molar-refractivity contribution is -0.124. The molecule has 4 heterocycles. The van der Waals surface area contributed by atoms with Crippen molar-refractivity contribution in [3.63, 3.8) is 0 Å². The molecule has 0 aliphatic carbocycles. The predicted octanol–water partition coefficient (Wildman–Crippen LogP) is 4.08. The summed E-state index contributed by atoms with van der Waals surface area (Å²) in [5.41, 5.74) is 2.97. The molecule has 0 bridgehead atoms. The summed E-state index contributed by atoms with van der Waals surface area (Å²) in [6, 6.07) is 13.7. The molecule has 1 fully saturated rings. The number of anilines is 2. The highest BCUT2D eigenvalue weighted by Gasteiger charge is 2.30. The molecule has 0 spiro atoms. The van der Waals surface area contributed by atoms with Crippen molar-refractivity contribution in [3.8, 4) is 0 Å². The number of hydrogen-bond donors (Lipinski definition) is 2. The predicted molar refractivity (Wildman–Crippen MR) is 144 cm³/mol. The first-order chi connectivity index (χ1) is 18.5. The number of methoxy groups -OCH3 is 1. The van der Waals surface area contributed by atoms with Gasteiger partial charge in [0.1, 0.15) is 11.8 Å². The highest BCUT2D eigenvalue weighted by molar-refractivity contribution is 6.12. The molecule has 2 N–H and O–H groups in total. The number of carbonyl (C=O) groups excluding carboxylic acids is 2. The molecule has 10 heteroatoms. The summed E-state index contributed by atoms with van der Waals surface area (Å²) in [6.07, 6.45) is 7.22. The average Bonchev–Trinajstić information content (AvgIpc) is 3.70. The van der Waals surface area contributed by atoms with Crippen LogP contribution < -0.4 is 10.6 Å². The number of amides is 1. The van der Waals surface area contributed by atoms with E-state index in [1.54, 1.807) is 17.0 Å². The van der Waals surface area contributed by atoms with E-state index in [0.29, 0.717) is 36.3 Å². The Hall–Kier alpha value is -4.18. The number of esters is 1. The molecule has 38 heavy (non-hydrogen) atoms. The van der Waals surface area contributed by atoms with E-state index in [1.807, 2.05) is 53.3 Å². The number of carbonyl (C=O) groups is 2. The molecule has 0 saturated carbocycles. The second kappa shape index (κ2) is 11.5. The van der Waals surface area contributed by atoms with E-state index < -0.39 is 12.1 Å². The summed E-state index contributed by atoms with van der Waals surface area (Å²) in [7, 11) is 1.33. The van der Waals surface area contributed by atoms with Crippen molar-refractivity contribution in [1.82, 2.24) is 19.3 Å². The van der Waals surface area contributed by atoms with Crippen LogP contribution in [0.4, 0.5) is 11.4 Å². The number of nitrogens with zero attached hydrogens (tertiary/aromatic N) is 4. The average molecular weight is 517 g/mol. The van der Waals surface area contributed by atoms with Gasteiger partial charge in [-0.05, 0) is 43.9 Å². The van der Waals surface area contributed by atoms with Gasteiger partial charge in [0.25, 0.3) is 5.91 Å². The summed E-state index contributed by atoms with van der Waals surface area (Å²) in [5.74, 6) is -0.832. The van der Waals surface area contributed by atoms with Crippen molar-refractivity contribution >= 4 is 34.3 Å². The van der Waals surface area contributed by atoms with Crippen LogP contribution in [0.3, 0.4) is 0 Å². The van der Waals surface area contributed by atoms with Crippen LogP contribution in [-0.2, 0) is 27.4 Å². The molecule has 1 aromatic carbocycles. The van der Waals surface area contributed by atoms with Crippen LogP contribution in [0.5, 0.6) is 0 Å². The first-order valence-corrected chi connectivity index (χ1v) is 12.8. The van der Waals surface area contributed by atoms with Crippen molar-refractivity contribution in [1.29, 1.82) is 0 Å². The van der Waals surface area contributed by atoms with Crippen LogP contribution in [0.15, 0.2) is 61.1 Å². The number of fused-ring (bicyclic) bond motifs is 1. The summed E-state index contributed by atoms with van der Waals surface area (Å²) in [4.78, 5) is 30.9. The zero-order valence-electron chi connectivity index (χ0n) is 21.6. The Morgan fingerprint density at radius 2 is 2.08 bits per heavy atom. The van der Waals surface area contributed by atoms with Crippen LogP contribution >= 0.6 is 0 Å². The third-order valence-corrected chi connectivity index (χ3v) is 6.69. The van der Waals surface area contributed by atoms with E-state index in [2.05, 4.69) is 22.7 Å². The monoisotopic (exact) mass is 516 g/mol. The van der Waals surface area contributed by atoms with Crippen molar-refractivity contribution < 1.29 is 19.1 Å². The lowest BCUT2D eigenvalue weighted by Gasteiger charge is -2.15. The largest absolute Gasteiger partial charge is 0.464 e. The zero-order chi connectivity index (χ0) is 26.5. The Morgan fingerprint density at radius 1 is 1.24 bits per heavy atom. The fourth-order valence-electron chi connectivity index (χ4n) is 4.76. The number of ether oxygens (including phenoxy) is 2. The quantitative estimate of drug-likeness (QED) is 0.306. The first kappa shape index (κ1) is 25.5. The first-order valence-electron chi connectivity index (χ1n) is 12.8. The van der Waals surface area contributed by atoms with E-state index in [1.165, 1.54) is 7.11 Å². The number of aromatic nitrogens is 4. The minimum Gasteiger partial charge on any atom is -0.464 e. The van der Waals surface area contributed by atoms with Crippen molar-refractivity contribution in [2.45, 2.75) is 51.4 Å². The highest BCUT2D eigenvalue weighted by Crippen LogP contribution is 2.34. The normalized spacial score (nSPS) is 15.9. The van der Waals surface area contributed by atoms with Gasteiger partial charge >= 0.3 is 5.97 Å². The van der Waals surface area contributed by atoms with Gasteiger partial charge in [-0.1, -0.05) is 30.3 Å². The number of benzene rings is 1. The fourth-order valence-corrected chi connectivity index (χ4v) is 4.76. The molecule has 1 amide bonds. The van der Waals surface area contributed by atoms with E-state index >= 15 is 0 Å². The Labute approximate surface area is 220 Å². The number of rotatable bonds is 10. The van der Waals surface area contributed by atoms with Crippen molar-refractivity contribution in [3.05, 3.63) is 72.3 Å². The molecular weight excluding hydrogens is 484 g/mol. The molecule has 3 aromatic heterocycles. The number of hydrogen-bond acceptors (Lipinski definition) is 7. The molecule has 1 aliphatic heterocycles. The van der Waals surface area contributed by atoms with Crippen LogP contribution in [0, 0.1) is 0 Å². The minimum absolute atomic E-state index is 0.134. The Morgan fingerprint density at radius 3 is 2.79 bits per heavy atom. The number of pyridine rings is 1. The van der Waals surface area contributed by atoms with E-state index in [-0.39, 0.29) is 17.6 Å². The van der Waals surface area contributed by atoms with Gasteiger partial charge in [-0.2, -0.15) is 5.10 Å². The lowest BCUT2D eigenvalue weighted by Crippen LogP contribution is -2.28. The molecular formula is C28H32N6O4. The number of nitrogens with one attached hydrogen (secondary N) is 2. The van der Waals surface area contributed by atoms with Crippen molar-refractivity contribution in [2.75, 3.05) is 24.4 Å². The second-order valence-corrected chi connectivity index (χ2v) is 9.48. The van der Waals surface area contributed by atoms with Gasteiger partial charge in [0, 0.05) is 43.5 Å². The van der Waals surface area contributed by atoms with Gasteiger partial charge in [-0.3, -0.25) is 9.48 Å². The Balaban J connectivity index is 1.52. The van der Waals surface area contributed by atoms with E-state index in [9.17, 15) is 9.59 Å². The Bertz CT molecular complexity index is 1390. The highest BCUT2D eigenvalue weighted by atomic mass is 16.5. The van der Waals surface area contributed by atoms with Crippen LogP contribution in [0.2, 0.25) is 0 Å². The van der Waals surface area contributed by atoms with Gasteiger partial charge in [-0.15, -0.1) is 0 Å². The molecule has 1 saturated heterocycles. The molecule has 0 radical (unpaired) electrons. The SMILES string of the molecule is COC(=O)c1c(NC(=O)[C@H]2CCCO2)c2cc(N[C@H](C)CCn3cccn3)cnc2n1Cc1ccccc1. The second-order valence-electron chi connectivity index (χ2n) is 9.48. The summed E-state index contributed by atoms with van der Waals surface area (Å²) < 4.78 is 14.4. The Kier molecular flexibility index (Phi) is 7.69. The van der Waals surface area contributed by atoms with Gasteiger partial charge in [-0.25, -0.2) is 9.78 Å². The standard InChI is InChI=1S/C28H32N6O4/c1-19(11-14-33-13-7-12-30-33)31-21-16-22-24(32-27(35)23-10-6-15-38-23)25(28(36)37-2)34(26(22)29-17-21)18-20-8-4-3-5-9-20/h3-5,7-9,12-13,16-17,19,23,31H,6,10-11,14-15,18H2,1-2H3,(H,32,35)/t19-,23-/m1/s1. The number of aryl methyl sites for hydroxylation is 1. The van der Waals surface area contributed by atoms with Gasteiger partial charge < -0.3 is 24.7 Å². The molecule has 0 unspecified atom stereocenters. The van der Waals surface area contributed by atoms with Gasteiger partial charge in [0.2, 0.25) is 0 Å². The summed E-state index contributed by atoms with van der Waals surface area (Å²) in [5, 5.41) is 11.4. The third-order valence-electron chi connectivity index (χ3n) is 6.69. The van der Waals surface area contributed by atoms with Crippen molar-refractivity contribution in [2.24, 2.45) is 0 Å². The smallest absolute Gasteiger partial charge is 0.356 e. The van der Waals surface area contributed by atoms with E-state index in [4.69, 9.17) is 14.5 Å². The van der Waals surface area contributed by atoms with E-state index in [0.717, 1.165) is 30.6 Å². The zero-order valence-corrected chi connectivity index (χ0v) is 21.6. The summed E-state index contributed by atoms with van der Waals surface area (Å²) in [6.45, 7) is 3.80. The van der Waals surface area contributed by atoms with Gasteiger partial charge in [0.15, 0.2) is 5.69 Å². The minimum atomic E-state index is -0.552. The lowest BCUT2D eigenvalue weighted by atomic mass is 10.2. The maximum Gasteiger partial charge on any atom is 0.356 e. The van der Waals surface area contributed by atoms with Crippen LogP contribution in [0.25, 0.3) is 11.0 Å². The molecule has 10 nitrogen and oxygen atoms in total. The molecule has 5 rings (SSSR count). The summed E-state index contributed by atoms with van der Waals surface area (Å²) >= 11 is 0. The van der Waals surface area contributed by atoms with Crippen LogP contribution in [0.1, 0.15) is 42.2 Å². The molecule has 4 aromatic rings. The molecule has 2 atom stereocenters. The topological polar surface area (TPSA) is 112 Å². The third kappa shape index (κ3) is 5.55. The molecule has 198 valence electrons. The van der Waals surface area contributed by atoms with Gasteiger partial charge in [0.05, 0.1) is 24.7 Å². The fraction of sp³-hybridized carbons (Fsp3) is 0.357. The molecule has 1 aliphatic rings. The maximum absolute atomic E-state index is 13.1. The maximum atomic E-state index is 13.1.